The summed E-state index contributed by atoms with van der Waals surface area (Å²) in [6, 6.07) is 4.24. The molecule has 0 bridgehead atoms. The topological polar surface area (TPSA) is 115 Å². The molecule has 0 saturated carbocycles. The standard InChI is InChI=1S/C19H20O6/c1-8-5-9-7-13(22)19(25)16(14(9)12(21)6-8)17(23)10-3-2-4-11(20)15(10)18(19)24/h2-4,8,13,16,18,20,22,24-25H,5-7H2,1H3/t8-,13-,16-,18+,19-/m0/s1. The highest BCUT2D eigenvalue weighted by atomic mass is 16.4. The number of carbonyl (C=O) groups is 2. The Morgan fingerprint density at radius 2 is 1.84 bits per heavy atom. The molecule has 0 fully saturated rings. The molecule has 132 valence electrons. The van der Waals surface area contributed by atoms with Crippen LogP contribution in [0.5, 0.6) is 5.75 Å². The Bertz CT molecular complexity index is 825. The second-order valence-electron chi connectivity index (χ2n) is 7.50. The van der Waals surface area contributed by atoms with E-state index in [0.717, 1.165) is 0 Å². The van der Waals surface area contributed by atoms with E-state index < -0.39 is 29.5 Å². The number of phenolic OH excluding ortho intramolecular Hbond substituents is 1. The number of aliphatic hydroxyl groups is 3. The smallest absolute Gasteiger partial charge is 0.174 e. The maximum atomic E-state index is 13.1. The first-order valence-electron chi connectivity index (χ1n) is 8.46. The minimum Gasteiger partial charge on any atom is -0.508 e. The van der Waals surface area contributed by atoms with Crippen molar-refractivity contribution < 1.29 is 30.0 Å². The van der Waals surface area contributed by atoms with Crippen LogP contribution >= 0.6 is 0 Å². The van der Waals surface area contributed by atoms with Crippen molar-refractivity contribution in [3.63, 3.8) is 0 Å². The summed E-state index contributed by atoms with van der Waals surface area (Å²) in [6.07, 6.45) is -2.17. The van der Waals surface area contributed by atoms with Gasteiger partial charge < -0.3 is 20.4 Å². The van der Waals surface area contributed by atoms with Gasteiger partial charge in [-0.1, -0.05) is 24.6 Å². The third-order valence-corrected chi connectivity index (χ3v) is 5.86. The van der Waals surface area contributed by atoms with Gasteiger partial charge in [-0.15, -0.1) is 0 Å². The number of fused-ring (bicyclic) bond motifs is 3. The van der Waals surface area contributed by atoms with Crippen LogP contribution in [0.2, 0.25) is 0 Å². The average Bonchev–Trinajstić information content (AvgIpc) is 2.54. The first-order valence-corrected chi connectivity index (χ1v) is 8.46. The molecule has 4 N–H and O–H groups in total. The predicted molar refractivity (Wildman–Crippen MR) is 86.9 cm³/mol. The van der Waals surface area contributed by atoms with E-state index in [4.69, 9.17) is 0 Å². The van der Waals surface area contributed by atoms with Crippen LogP contribution < -0.4 is 0 Å². The largest absolute Gasteiger partial charge is 0.508 e. The summed E-state index contributed by atoms with van der Waals surface area (Å²) in [7, 11) is 0. The fraction of sp³-hybridized carbons (Fsp3) is 0.474. The highest BCUT2D eigenvalue weighted by Crippen LogP contribution is 2.54. The SMILES string of the molecule is C[C@@H]1CC(=O)C2=C(C1)C[C@H](O)[C@]1(O)[C@@H]2C(=O)c2cccc(O)c2[C@H]1O. The lowest BCUT2D eigenvalue weighted by molar-refractivity contribution is -0.174. The molecule has 0 aliphatic heterocycles. The Hall–Kier alpha value is -2.02. The maximum absolute atomic E-state index is 13.1. The summed E-state index contributed by atoms with van der Waals surface area (Å²) in [5, 5.41) is 42.6. The van der Waals surface area contributed by atoms with E-state index >= 15 is 0 Å². The van der Waals surface area contributed by atoms with E-state index in [1.54, 1.807) is 0 Å². The van der Waals surface area contributed by atoms with Crippen molar-refractivity contribution in [2.75, 3.05) is 0 Å². The fourth-order valence-corrected chi connectivity index (χ4v) is 4.73. The van der Waals surface area contributed by atoms with Crippen molar-refractivity contribution in [3.05, 3.63) is 40.5 Å². The van der Waals surface area contributed by atoms with Gasteiger partial charge in [0.25, 0.3) is 0 Å². The Morgan fingerprint density at radius 3 is 2.56 bits per heavy atom. The number of rotatable bonds is 0. The lowest BCUT2D eigenvalue weighted by atomic mass is 9.57. The van der Waals surface area contributed by atoms with E-state index in [0.29, 0.717) is 12.0 Å². The third kappa shape index (κ3) is 2.02. The summed E-state index contributed by atoms with van der Waals surface area (Å²) >= 11 is 0. The second-order valence-corrected chi connectivity index (χ2v) is 7.50. The van der Waals surface area contributed by atoms with Gasteiger partial charge in [0.1, 0.15) is 17.5 Å². The molecule has 0 aromatic heterocycles. The van der Waals surface area contributed by atoms with Gasteiger partial charge in [-0.2, -0.15) is 0 Å². The number of aromatic hydroxyl groups is 1. The molecule has 3 aliphatic rings. The lowest BCUT2D eigenvalue weighted by Gasteiger charge is -2.51. The highest BCUT2D eigenvalue weighted by molar-refractivity contribution is 6.11. The molecular formula is C19H20O6. The minimum atomic E-state index is -2.22. The maximum Gasteiger partial charge on any atom is 0.174 e. The van der Waals surface area contributed by atoms with Gasteiger partial charge >= 0.3 is 0 Å². The molecule has 0 unspecified atom stereocenters. The van der Waals surface area contributed by atoms with Crippen LogP contribution in [0.1, 0.15) is 48.2 Å². The third-order valence-electron chi connectivity index (χ3n) is 5.86. The van der Waals surface area contributed by atoms with Gasteiger partial charge in [0.15, 0.2) is 11.6 Å². The van der Waals surface area contributed by atoms with E-state index in [1.807, 2.05) is 6.92 Å². The van der Waals surface area contributed by atoms with E-state index in [1.165, 1.54) is 18.2 Å². The van der Waals surface area contributed by atoms with Crippen LogP contribution in [-0.4, -0.2) is 43.7 Å². The van der Waals surface area contributed by atoms with Crippen LogP contribution in [0.15, 0.2) is 29.3 Å². The molecule has 0 amide bonds. The highest BCUT2D eigenvalue weighted by Gasteiger charge is 2.62. The molecule has 5 atom stereocenters. The fourth-order valence-electron chi connectivity index (χ4n) is 4.73. The molecule has 0 spiro atoms. The molecule has 6 nitrogen and oxygen atoms in total. The molecular weight excluding hydrogens is 324 g/mol. The van der Waals surface area contributed by atoms with Crippen molar-refractivity contribution in [2.24, 2.45) is 11.8 Å². The summed E-state index contributed by atoms with van der Waals surface area (Å²) < 4.78 is 0. The van der Waals surface area contributed by atoms with Crippen LogP contribution in [0.25, 0.3) is 0 Å². The Labute approximate surface area is 144 Å². The normalized spacial score (nSPS) is 37.4. The number of benzene rings is 1. The van der Waals surface area contributed by atoms with Crippen LogP contribution in [0.3, 0.4) is 0 Å². The minimum absolute atomic E-state index is 0.0334. The number of carbonyl (C=O) groups excluding carboxylic acids is 2. The molecule has 0 saturated heterocycles. The van der Waals surface area contributed by atoms with Crippen LogP contribution in [0.4, 0.5) is 0 Å². The number of phenols is 1. The van der Waals surface area contributed by atoms with Gasteiger partial charge in [0.2, 0.25) is 0 Å². The Morgan fingerprint density at radius 1 is 1.12 bits per heavy atom. The quantitative estimate of drug-likeness (QED) is 0.559. The number of hydrogen-bond acceptors (Lipinski definition) is 6. The summed E-state index contributed by atoms with van der Waals surface area (Å²) in [5.74, 6) is -2.28. The average molecular weight is 344 g/mol. The van der Waals surface area contributed by atoms with Crippen molar-refractivity contribution in [3.8, 4) is 5.75 Å². The van der Waals surface area contributed by atoms with Crippen LogP contribution in [-0.2, 0) is 4.79 Å². The molecule has 4 rings (SSSR count). The van der Waals surface area contributed by atoms with Gasteiger partial charge in [-0.05, 0) is 24.8 Å². The number of ketones is 2. The number of hydrogen-bond donors (Lipinski definition) is 4. The van der Waals surface area contributed by atoms with Crippen LogP contribution in [0, 0.1) is 11.8 Å². The predicted octanol–water partition coefficient (Wildman–Crippen LogP) is 1.03. The van der Waals surface area contributed by atoms with Crippen molar-refractivity contribution in [1.82, 2.24) is 0 Å². The van der Waals surface area contributed by atoms with Crippen molar-refractivity contribution in [2.45, 2.75) is 44.0 Å². The first kappa shape index (κ1) is 16.4. The molecule has 0 radical (unpaired) electrons. The molecule has 6 heteroatoms. The summed E-state index contributed by atoms with van der Waals surface area (Å²) in [5.41, 5.74) is -1.31. The summed E-state index contributed by atoms with van der Waals surface area (Å²) in [6.45, 7) is 1.93. The Kier molecular flexibility index (Phi) is 3.45. The van der Waals surface area contributed by atoms with Crippen molar-refractivity contribution >= 4 is 11.6 Å². The van der Waals surface area contributed by atoms with Gasteiger partial charge in [-0.25, -0.2) is 0 Å². The lowest BCUT2D eigenvalue weighted by Crippen LogP contribution is -2.62. The zero-order valence-electron chi connectivity index (χ0n) is 13.8. The summed E-state index contributed by atoms with van der Waals surface area (Å²) in [4.78, 5) is 25.7. The molecule has 1 aromatic rings. The van der Waals surface area contributed by atoms with Gasteiger partial charge in [-0.3, -0.25) is 9.59 Å². The van der Waals surface area contributed by atoms with E-state index in [9.17, 15) is 30.0 Å². The zero-order valence-corrected chi connectivity index (χ0v) is 13.8. The van der Waals surface area contributed by atoms with Crippen molar-refractivity contribution in [1.29, 1.82) is 0 Å². The molecule has 3 aliphatic carbocycles. The molecule has 25 heavy (non-hydrogen) atoms. The van der Waals surface area contributed by atoms with Gasteiger partial charge in [0.05, 0.1) is 12.0 Å². The van der Waals surface area contributed by atoms with E-state index in [2.05, 4.69) is 0 Å². The monoisotopic (exact) mass is 344 g/mol. The zero-order chi connectivity index (χ0) is 18.1. The Balaban J connectivity index is 1.98. The van der Waals surface area contributed by atoms with Gasteiger partial charge in [0, 0.05) is 23.1 Å². The first-order chi connectivity index (χ1) is 11.8. The number of Topliss-reactive ketones (excluding diaryl/α,β-unsaturated/α-hetero) is 2. The van der Waals surface area contributed by atoms with E-state index in [-0.39, 0.29) is 47.0 Å². The molecule has 1 aromatic carbocycles. The number of aliphatic hydroxyl groups excluding tert-OH is 2. The molecule has 0 heterocycles. The second kappa shape index (κ2) is 5.24.